The molecule has 1 aromatic rings. The lowest BCUT2D eigenvalue weighted by Crippen LogP contribution is -2.50. The number of nitrogens with two attached hydrogens (primary N) is 1. The van der Waals surface area contributed by atoms with E-state index in [0.717, 1.165) is 61.7 Å². The number of amides is 1. The van der Waals surface area contributed by atoms with Gasteiger partial charge in [0.15, 0.2) is 11.5 Å². The fraction of sp³-hybridized carbons (Fsp3) is 0.559. The van der Waals surface area contributed by atoms with E-state index in [-0.39, 0.29) is 34.4 Å². The smallest absolute Gasteiger partial charge is 0.302 e. The van der Waals surface area contributed by atoms with Gasteiger partial charge in [0.2, 0.25) is 5.75 Å². The maximum atomic E-state index is 12.7. The van der Waals surface area contributed by atoms with Crippen LogP contribution in [0.15, 0.2) is 40.5 Å². The Balaban J connectivity index is 1.58. The summed E-state index contributed by atoms with van der Waals surface area (Å²) in [6, 6.07) is 5.93. The van der Waals surface area contributed by atoms with E-state index in [1.807, 2.05) is 12.1 Å². The molecule has 4 aliphatic rings. The molecule has 0 bridgehead atoms. The molecule has 0 saturated heterocycles. The maximum absolute atomic E-state index is 12.7. The van der Waals surface area contributed by atoms with Gasteiger partial charge in [0.25, 0.3) is 5.91 Å². The Kier molecular flexibility index (Phi) is 7.91. The Labute approximate surface area is 248 Å². The highest BCUT2D eigenvalue weighted by Gasteiger charge is 2.59. The van der Waals surface area contributed by atoms with Crippen molar-refractivity contribution >= 4 is 18.0 Å². The van der Waals surface area contributed by atoms with Crippen LogP contribution in [0.4, 0.5) is 0 Å². The van der Waals surface area contributed by atoms with Gasteiger partial charge in [-0.05, 0) is 96.0 Å². The summed E-state index contributed by atoms with van der Waals surface area (Å²) in [5.41, 5.74) is 9.58. The van der Waals surface area contributed by atoms with E-state index >= 15 is 0 Å². The molecule has 42 heavy (non-hydrogen) atoms. The van der Waals surface area contributed by atoms with Crippen LogP contribution in [-0.4, -0.2) is 39.3 Å². The van der Waals surface area contributed by atoms with Crippen molar-refractivity contribution in [1.29, 1.82) is 5.26 Å². The third kappa shape index (κ3) is 4.77. The van der Waals surface area contributed by atoms with E-state index in [1.54, 1.807) is 21.3 Å². The maximum Gasteiger partial charge on any atom is 0.302 e. The zero-order valence-electron chi connectivity index (χ0n) is 25.5. The Morgan fingerprint density at radius 3 is 2.24 bits per heavy atom. The van der Waals surface area contributed by atoms with Crippen LogP contribution in [0.5, 0.6) is 17.2 Å². The van der Waals surface area contributed by atoms with Crippen LogP contribution in [0, 0.1) is 39.9 Å². The first-order valence-corrected chi connectivity index (χ1v) is 14.8. The van der Waals surface area contributed by atoms with Crippen molar-refractivity contribution < 1.29 is 28.5 Å². The Hall–Kier alpha value is -3.73. The van der Waals surface area contributed by atoms with Crippen LogP contribution >= 0.6 is 0 Å². The summed E-state index contributed by atoms with van der Waals surface area (Å²) < 4.78 is 22.3. The predicted molar refractivity (Wildman–Crippen MR) is 159 cm³/mol. The molecule has 0 heterocycles. The van der Waals surface area contributed by atoms with Crippen LogP contribution in [0.1, 0.15) is 71.3 Å². The largest absolute Gasteiger partial charge is 0.493 e. The normalized spacial score (nSPS) is 33.7. The quantitative estimate of drug-likeness (QED) is 0.194. The second kappa shape index (κ2) is 11.2. The summed E-state index contributed by atoms with van der Waals surface area (Å²) in [5.74, 6) is 1.81. The number of methoxy groups -OCH3 is 3. The third-order valence-corrected chi connectivity index (χ3v) is 10.7. The van der Waals surface area contributed by atoms with Gasteiger partial charge in [-0.15, -0.1) is 0 Å². The van der Waals surface area contributed by atoms with Crippen molar-refractivity contribution in [3.05, 3.63) is 46.1 Å². The number of hydrogen-bond acceptors (Lipinski definition) is 7. The van der Waals surface area contributed by atoms with Gasteiger partial charge in [0, 0.05) is 13.3 Å². The highest BCUT2D eigenvalue weighted by molar-refractivity contribution is 5.98. The molecule has 0 radical (unpaired) electrons. The van der Waals surface area contributed by atoms with E-state index in [2.05, 4.69) is 32.1 Å². The number of allylic oxidation sites excluding steroid dienone is 3. The third-order valence-electron chi connectivity index (χ3n) is 10.7. The Morgan fingerprint density at radius 1 is 1.00 bits per heavy atom. The number of benzene rings is 1. The first-order valence-electron chi connectivity index (χ1n) is 14.8. The first-order chi connectivity index (χ1) is 20.0. The van der Waals surface area contributed by atoms with E-state index in [0.29, 0.717) is 29.1 Å². The molecule has 5 rings (SSSR count). The second-order valence-corrected chi connectivity index (χ2v) is 12.7. The molecule has 6 atom stereocenters. The summed E-state index contributed by atoms with van der Waals surface area (Å²) in [7, 11) is 4.73. The molecule has 3 fully saturated rings. The number of hydrogen-bond donors (Lipinski definition) is 1. The molecule has 0 unspecified atom stereocenters. The van der Waals surface area contributed by atoms with Gasteiger partial charge in [0.1, 0.15) is 17.7 Å². The molecule has 8 heteroatoms. The number of carbonyl (C=O) groups is 2. The van der Waals surface area contributed by atoms with Gasteiger partial charge < -0.3 is 24.7 Å². The number of rotatable bonds is 6. The van der Waals surface area contributed by atoms with E-state index < -0.39 is 5.91 Å². The molecule has 0 aromatic heterocycles. The average Bonchev–Trinajstić information content (AvgIpc) is 3.24. The van der Waals surface area contributed by atoms with Gasteiger partial charge >= 0.3 is 5.97 Å². The number of esters is 1. The summed E-state index contributed by atoms with van der Waals surface area (Å²) in [4.78, 5) is 24.3. The zero-order chi connectivity index (χ0) is 30.4. The number of ether oxygens (including phenoxy) is 4. The molecule has 4 aliphatic carbocycles. The molecular formula is C34H42N2O6. The lowest BCUT2D eigenvalue weighted by Gasteiger charge is -2.57. The molecule has 8 nitrogen and oxygen atoms in total. The van der Waals surface area contributed by atoms with Crippen LogP contribution in [0.2, 0.25) is 0 Å². The van der Waals surface area contributed by atoms with Crippen LogP contribution in [-0.2, 0) is 14.3 Å². The van der Waals surface area contributed by atoms with Gasteiger partial charge in [-0.2, -0.15) is 5.26 Å². The molecule has 1 amide bonds. The topological polar surface area (TPSA) is 121 Å². The summed E-state index contributed by atoms with van der Waals surface area (Å²) in [5, 5.41) is 10.2. The molecule has 0 aliphatic heterocycles. The van der Waals surface area contributed by atoms with Crippen LogP contribution in [0.3, 0.4) is 0 Å². The molecule has 3 saturated carbocycles. The first kappa shape index (κ1) is 29.8. The standard InChI is InChI=1S/C34H42N2O6/c1-19(37)42-23-9-11-33(2)22(17-23)7-8-24-26(33)10-12-34(3)27(24)16-21(30(34)25(18-35)32(36)38)13-20-14-28(39-4)31(41-6)29(15-20)40-5/h7,13-15,23-24,26-27H,8-12,16-17H2,1-6H3,(H2,36,38)/b21-13+,30-25+/t23-,24+,26-,27-,33-,34-/m0/s1. The van der Waals surface area contributed by atoms with Crippen molar-refractivity contribution in [3.63, 3.8) is 0 Å². The fourth-order valence-electron chi connectivity index (χ4n) is 8.87. The minimum atomic E-state index is -0.686. The van der Waals surface area contributed by atoms with Gasteiger partial charge in [-0.25, -0.2) is 0 Å². The zero-order valence-corrected chi connectivity index (χ0v) is 25.5. The SMILES string of the molecule is COc1cc(/C=C2\C[C@H]3[C@@H]4CC=C5C[C@@H](OC(C)=O)CC[C@]5(C)[C@H]4CC[C@]3(C)\C2=C(/C#N)C(N)=O)cc(OC)c1OC. The summed E-state index contributed by atoms with van der Waals surface area (Å²) >= 11 is 0. The molecule has 0 spiro atoms. The van der Waals surface area contributed by atoms with Crippen molar-refractivity contribution in [2.24, 2.45) is 34.3 Å². The van der Waals surface area contributed by atoms with Crippen molar-refractivity contribution in [2.75, 3.05) is 21.3 Å². The van der Waals surface area contributed by atoms with Gasteiger partial charge in [0.05, 0.1) is 21.3 Å². The lowest BCUT2D eigenvalue weighted by atomic mass is 9.47. The molecule has 2 N–H and O–H groups in total. The van der Waals surface area contributed by atoms with Gasteiger partial charge in [-0.3, -0.25) is 9.59 Å². The predicted octanol–water partition coefficient (Wildman–Crippen LogP) is 5.91. The number of nitriles is 1. The van der Waals surface area contributed by atoms with Crippen LogP contribution in [0.25, 0.3) is 6.08 Å². The monoisotopic (exact) mass is 574 g/mol. The Morgan fingerprint density at radius 2 is 1.67 bits per heavy atom. The van der Waals surface area contributed by atoms with E-state index in [4.69, 9.17) is 24.7 Å². The van der Waals surface area contributed by atoms with Crippen molar-refractivity contribution in [1.82, 2.24) is 0 Å². The molecule has 224 valence electrons. The summed E-state index contributed by atoms with van der Waals surface area (Å²) in [6.45, 7) is 6.10. The van der Waals surface area contributed by atoms with Crippen molar-refractivity contribution in [2.45, 2.75) is 71.8 Å². The minimum absolute atomic E-state index is 0.0463. The summed E-state index contributed by atoms with van der Waals surface area (Å²) in [6.07, 6.45) is 10.6. The lowest BCUT2D eigenvalue weighted by molar-refractivity contribution is -0.148. The van der Waals surface area contributed by atoms with Crippen molar-refractivity contribution in [3.8, 4) is 23.3 Å². The second-order valence-electron chi connectivity index (χ2n) is 12.7. The minimum Gasteiger partial charge on any atom is -0.493 e. The number of primary amides is 1. The fourth-order valence-corrected chi connectivity index (χ4v) is 8.87. The van der Waals surface area contributed by atoms with Crippen LogP contribution < -0.4 is 19.9 Å². The van der Waals surface area contributed by atoms with E-state index in [1.165, 1.54) is 12.5 Å². The number of fused-ring (bicyclic) bond motifs is 5. The average molecular weight is 575 g/mol. The highest BCUT2D eigenvalue weighted by atomic mass is 16.5. The van der Waals surface area contributed by atoms with E-state index in [9.17, 15) is 14.9 Å². The Bertz CT molecular complexity index is 1410. The number of nitrogens with zero attached hydrogens (tertiary/aromatic N) is 1. The van der Waals surface area contributed by atoms with Gasteiger partial charge in [-0.1, -0.05) is 31.6 Å². The number of carbonyl (C=O) groups excluding carboxylic acids is 2. The molecule has 1 aromatic carbocycles. The highest BCUT2D eigenvalue weighted by Crippen LogP contribution is 2.67. The molecular weight excluding hydrogens is 532 g/mol.